The van der Waals surface area contributed by atoms with Gasteiger partial charge in [0.15, 0.2) is 0 Å². The van der Waals surface area contributed by atoms with E-state index in [2.05, 4.69) is 36.1 Å². The fourth-order valence-corrected chi connectivity index (χ4v) is 4.90. The van der Waals surface area contributed by atoms with Crippen LogP contribution in [0.15, 0.2) is 65.5 Å². The Hall–Kier alpha value is -3.42. The van der Waals surface area contributed by atoms with E-state index in [1.54, 1.807) is 30.6 Å². The Kier molecular flexibility index (Phi) is 6.21. The molecule has 35 heavy (non-hydrogen) atoms. The van der Waals surface area contributed by atoms with Crippen LogP contribution in [0, 0.1) is 5.82 Å². The third-order valence-electron chi connectivity index (χ3n) is 6.81. The topological polar surface area (TPSA) is 61.6 Å². The number of nitrogens with one attached hydrogen (secondary N) is 1. The molecule has 0 spiro atoms. The summed E-state index contributed by atoms with van der Waals surface area (Å²) < 4.78 is 20.5. The van der Waals surface area contributed by atoms with Crippen LogP contribution in [0.3, 0.4) is 0 Å². The normalized spacial score (nSPS) is 18.7. The number of likely N-dealkylation sites (N-methyl/N-ethyl adjacent to an activating group) is 1. The molecule has 0 aliphatic carbocycles. The first-order valence-electron chi connectivity index (χ1n) is 11.5. The zero-order valence-electron chi connectivity index (χ0n) is 19.8. The van der Waals surface area contributed by atoms with E-state index in [0.29, 0.717) is 46.0 Å². The number of pyridine rings is 1. The summed E-state index contributed by atoms with van der Waals surface area (Å²) >= 11 is 6.48. The Labute approximate surface area is 208 Å². The number of benzene rings is 2. The molecule has 180 valence electrons. The summed E-state index contributed by atoms with van der Waals surface area (Å²) in [6.45, 7) is 5.65. The first kappa shape index (κ1) is 23.3. The van der Waals surface area contributed by atoms with E-state index in [9.17, 15) is 4.79 Å². The number of hydrogen-bond donors (Lipinski definition) is 1. The standard InChI is InChI=1S/C27H26ClFN4O2/c1-16-13-33(14-17(2)32(16)3)25-11-21-22(15-35-26(21)12-24(25)29)27(34)31-19-4-5-20(23(28)10-19)18-6-8-30-9-7-18/h4-12,15-17H,13-14H2,1-3H3,(H,31,34)/t16-,17+. The molecule has 1 N–H and O–H groups in total. The van der Waals surface area contributed by atoms with Crippen molar-refractivity contribution in [2.45, 2.75) is 25.9 Å². The zero-order valence-corrected chi connectivity index (χ0v) is 20.5. The molecule has 2 aromatic heterocycles. The maximum atomic E-state index is 15.0. The maximum absolute atomic E-state index is 15.0. The zero-order chi connectivity index (χ0) is 24.7. The maximum Gasteiger partial charge on any atom is 0.259 e. The lowest BCUT2D eigenvalue weighted by atomic mass is 10.1. The molecule has 0 saturated carbocycles. The molecule has 4 aromatic rings. The summed E-state index contributed by atoms with van der Waals surface area (Å²) in [5.41, 5.74) is 3.48. The number of fused-ring (bicyclic) bond motifs is 1. The molecule has 1 aliphatic heterocycles. The number of nitrogens with zero attached hydrogens (tertiary/aromatic N) is 3. The van der Waals surface area contributed by atoms with Gasteiger partial charge in [-0.15, -0.1) is 0 Å². The minimum atomic E-state index is -0.360. The van der Waals surface area contributed by atoms with E-state index in [1.807, 2.05) is 23.1 Å². The van der Waals surface area contributed by atoms with Crippen LogP contribution in [0.5, 0.6) is 0 Å². The first-order valence-corrected chi connectivity index (χ1v) is 11.9. The van der Waals surface area contributed by atoms with Gasteiger partial charge >= 0.3 is 0 Å². The Morgan fingerprint density at radius 3 is 2.51 bits per heavy atom. The summed E-state index contributed by atoms with van der Waals surface area (Å²) in [7, 11) is 2.08. The molecule has 0 radical (unpaired) electrons. The lowest BCUT2D eigenvalue weighted by molar-refractivity contribution is 0.102. The Bertz CT molecular complexity index is 1380. The second-order valence-corrected chi connectivity index (χ2v) is 9.51. The Morgan fingerprint density at radius 1 is 1.11 bits per heavy atom. The lowest BCUT2D eigenvalue weighted by Gasteiger charge is -2.43. The van der Waals surface area contributed by atoms with Crippen molar-refractivity contribution in [1.29, 1.82) is 0 Å². The molecule has 0 unspecified atom stereocenters. The van der Waals surface area contributed by atoms with Crippen molar-refractivity contribution < 1.29 is 13.6 Å². The van der Waals surface area contributed by atoms with Crippen LogP contribution in [0.1, 0.15) is 24.2 Å². The van der Waals surface area contributed by atoms with Gasteiger partial charge in [-0.3, -0.25) is 14.7 Å². The number of carbonyl (C=O) groups excluding carboxylic acids is 1. The van der Waals surface area contributed by atoms with E-state index in [4.69, 9.17) is 16.0 Å². The molecule has 1 saturated heterocycles. The highest BCUT2D eigenvalue weighted by Gasteiger charge is 2.29. The van der Waals surface area contributed by atoms with Crippen LogP contribution in [-0.2, 0) is 0 Å². The van der Waals surface area contributed by atoms with Crippen molar-refractivity contribution in [3.8, 4) is 11.1 Å². The molecule has 3 heterocycles. The summed E-state index contributed by atoms with van der Waals surface area (Å²) in [6.07, 6.45) is 4.77. The van der Waals surface area contributed by atoms with Gasteiger partial charge in [-0.25, -0.2) is 4.39 Å². The third-order valence-corrected chi connectivity index (χ3v) is 7.12. The van der Waals surface area contributed by atoms with Crippen molar-refractivity contribution >= 4 is 39.9 Å². The quantitative estimate of drug-likeness (QED) is 0.374. The highest BCUT2D eigenvalue weighted by atomic mass is 35.5. The van der Waals surface area contributed by atoms with E-state index in [1.165, 1.54) is 12.3 Å². The number of piperazine rings is 1. The molecule has 0 bridgehead atoms. The average Bonchev–Trinajstić information content (AvgIpc) is 3.25. The van der Waals surface area contributed by atoms with E-state index < -0.39 is 0 Å². The molecular weight excluding hydrogens is 467 g/mol. The molecule has 2 atom stereocenters. The van der Waals surface area contributed by atoms with Crippen LogP contribution in [-0.4, -0.2) is 48.0 Å². The fourth-order valence-electron chi connectivity index (χ4n) is 4.61. The molecule has 8 heteroatoms. The number of hydrogen-bond acceptors (Lipinski definition) is 5. The van der Waals surface area contributed by atoms with Crippen LogP contribution in [0.4, 0.5) is 15.8 Å². The minimum absolute atomic E-state index is 0.279. The summed E-state index contributed by atoms with van der Waals surface area (Å²) in [5.74, 6) is -0.713. The third kappa shape index (κ3) is 4.49. The van der Waals surface area contributed by atoms with Crippen LogP contribution in [0.2, 0.25) is 5.02 Å². The highest BCUT2D eigenvalue weighted by molar-refractivity contribution is 6.33. The predicted octanol–water partition coefficient (Wildman–Crippen LogP) is 6.07. The van der Waals surface area contributed by atoms with E-state index in [0.717, 1.165) is 11.1 Å². The van der Waals surface area contributed by atoms with Crippen LogP contribution in [0.25, 0.3) is 22.1 Å². The van der Waals surface area contributed by atoms with Gasteiger partial charge in [-0.1, -0.05) is 17.7 Å². The number of rotatable bonds is 4. The van der Waals surface area contributed by atoms with E-state index in [-0.39, 0.29) is 23.8 Å². The van der Waals surface area contributed by atoms with Crippen molar-refractivity contribution in [2.75, 3.05) is 30.4 Å². The van der Waals surface area contributed by atoms with Crippen molar-refractivity contribution in [1.82, 2.24) is 9.88 Å². The summed E-state index contributed by atoms with van der Waals surface area (Å²) in [4.78, 5) is 21.5. The van der Waals surface area contributed by atoms with Gasteiger partial charge in [0, 0.05) is 60.3 Å². The van der Waals surface area contributed by atoms with E-state index >= 15 is 4.39 Å². The van der Waals surface area contributed by atoms with Gasteiger partial charge in [0.25, 0.3) is 5.91 Å². The Morgan fingerprint density at radius 2 is 1.83 bits per heavy atom. The average molecular weight is 493 g/mol. The smallest absolute Gasteiger partial charge is 0.259 e. The molecular formula is C27H26ClFN4O2. The second-order valence-electron chi connectivity index (χ2n) is 9.10. The van der Waals surface area contributed by atoms with Gasteiger partial charge in [0.2, 0.25) is 0 Å². The minimum Gasteiger partial charge on any atom is -0.463 e. The molecule has 1 amide bonds. The molecule has 6 nitrogen and oxygen atoms in total. The molecule has 5 rings (SSSR count). The predicted molar refractivity (Wildman–Crippen MR) is 138 cm³/mol. The van der Waals surface area contributed by atoms with Gasteiger partial charge in [-0.05, 0) is 56.8 Å². The molecule has 1 aliphatic rings. The number of amides is 1. The summed E-state index contributed by atoms with van der Waals surface area (Å²) in [6, 6.07) is 12.7. The lowest BCUT2D eigenvalue weighted by Crippen LogP contribution is -2.55. The highest BCUT2D eigenvalue weighted by Crippen LogP contribution is 2.33. The van der Waals surface area contributed by atoms with Gasteiger partial charge in [0.05, 0.1) is 16.3 Å². The molecule has 2 aromatic carbocycles. The number of halogens is 2. The van der Waals surface area contributed by atoms with Gasteiger partial charge in [0.1, 0.15) is 17.7 Å². The monoisotopic (exact) mass is 492 g/mol. The summed E-state index contributed by atoms with van der Waals surface area (Å²) in [5, 5.41) is 3.96. The van der Waals surface area contributed by atoms with Gasteiger partial charge in [-0.2, -0.15) is 0 Å². The largest absolute Gasteiger partial charge is 0.463 e. The first-order chi connectivity index (χ1) is 16.8. The Balaban J connectivity index is 1.42. The van der Waals surface area contributed by atoms with Gasteiger partial charge < -0.3 is 14.6 Å². The number of aromatic nitrogens is 1. The second kappa shape index (κ2) is 9.32. The number of furan rings is 1. The van der Waals surface area contributed by atoms with Crippen LogP contribution >= 0.6 is 11.6 Å². The molecule has 1 fully saturated rings. The SMILES string of the molecule is C[C@@H]1CN(c2cc3c(C(=O)Nc4ccc(-c5ccncc5)c(Cl)c4)coc3cc2F)C[C@H](C)N1C. The van der Waals surface area contributed by atoms with Crippen molar-refractivity contribution in [3.63, 3.8) is 0 Å². The number of carbonyl (C=O) groups is 1. The van der Waals surface area contributed by atoms with Crippen molar-refractivity contribution in [2.24, 2.45) is 0 Å². The number of anilines is 2. The van der Waals surface area contributed by atoms with Crippen molar-refractivity contribution in [3.05, 3.63) is 77.5 Å². The van der Waals surface area contributed by atoms with Crippen LogP contribution < -0.4 is 10.2 Å². The fraction of sp³-hybridized carbons (Fsp3) is 0.259.